The Kier molecular flexibility index (Phi) is 5.68. The lowest BCUT2D eigenvalue weighted by atomic mass is 9.90. The van der Waals surface area contributed by atoms with Gasteiger partial charge >= 0.3 is 0 Å². The first kappa shape index (κ1) is 19.9. The maximum absolute atomic E-state index is 14.3. The molecule has 0 N–H and O–H groups in total. The second-order valence-corrected chi connectivity index (χ2v) is 9.21. The average Bonchev–Trinajstić information content (AvgIpc) is 3.49. The molecule has 1 aromatic heterocycles. The quantitative estimate of drug-likeness (QED) is 0.631. The molecule has 0 unspecified atom stereocenters. The summed E-state index contributed by atoms with van der Waals surface area (Å²) in [7, 11) is 0. The minimum atomic E-state index is -0.173. The highest BCUT2D eigenvalue weighted by molar-refractivity contribution is 6.30. The van der Waals surface area contributed by atoms with Crippen molar-refractivity contribution in [3.8, 4) is 5.75 Å². The van der Waals surface area contributed by atoms with E-state index in [4.69, 9.17) is 16.3 Å². The molecular weight excluding hydrogens is 403 g/mol. The van der Waals surface area contributed by atoms with Crippen LogP contribution in [0.1, 0.15) is 32.1 Å². The van der Waals surface area contributed by atoms with Gasteiger partial charge in [0.1, 0.15) is 11.6 Å². The van der Waals surface area contributed by atoms with E-state index in [0.717, 1.165) is 62.7 Å². The molecule has 5 nitrogen and oxygen atoms in total. The van der Waals surface area contributed by atoms with Crippen molar-refractivity contribution in [2.45, 2.75) is 32.1 Å². The summed E-state index contributed by atoms with van der Waals surface area (Å²) in [5, 5.41) is 0.575. The first-order valence-electron chi connectivity index (χ1n) is 11.1. The maximum atomic E-state index is 14.3. The SMILES string of the molecule is Fc1cc(OCC[C@@H]2C[C@@H]2C2CCN(c3ncc(Cl)cn3)CC2)ccc1N1CCC1. The maximum Gasteiger partial charge on any atom is 0.225 e. The van der Waals surface area contributed by atoms with Crippen LogP contribution in [-0.4, -0.2) is 42.8 Å². The standard InChI is InChI=1S/C23H28ClFN4O/c24-18-14-26-23(27-15-18)29-9-4-16(5-10-29)20-12-17(20)6-11-30-19-2-3-22(21(25)13-19)28-7-1-8-28/h2-3,13-17,20H,1,4-12H2/t17-,20-/m1/s1. The lowest BCUT2D eigenvalue weighted by Crippen LogP contribution is -2.37. The van der Waals surface area contributed by atoms with Crippen molar-refractivity contribution in [2.24, 2.45) is 17.8 Å². The van der Waals surface area contributed by atoms with E-state index in [0.29, 0.717) is 23.1 Å². The molecule has 2 saturated heterocycles. The molecule has 0 radical (unpaired) electrons. The normalized spacial score (nSPS) is 23.9. The molecule has 5 rings (SSSR count). The largest absolute Gasteiger partial charge is 0.493 e. The molecule has 7 heteroatoms. The summed E-state index contributed by atoms with van der Waals surface area (Å²) in [4.78, 5) is 13.0. The van der Waals surface area contributed by atoms with E-state index in [2.05, 4.69) is 19.8 Å². The van der Waals surface area contributed by atoms with Gasteiger partial charge in [-0.1, -0.05) is 11.6 Å². The summed E-state index contributed by atoms with van der Waals surface area (Å²) in [5.74, 6) is 3.60. The van der Waals surface area contributed by atoms with Crippen molar-refractivity contribution in [1.82, 2.24) is 9.97 Å². The fourth-order valence-corrected chi connectivity index (χ4v) is 4.99. The van der Waals surface area contributed by atoms with Crippen molar-refractivity contribution >= 4 is 23.2 Å². The average molecular weight is 431 g/mol. The smallest absolute Gasteiger partial charge is 0.225 e. The van der Waals surface area contributed by atoms with Gasteiger partial charge in [-0.25, -0.2) is 14.4 Å². The Morgan fingerprint density at radius 1 is 1.07 bits per heavy atom. The van der Waals surface area contributed by atoms with Gasteiger partial charge in [-0.3, -0.25) is 0 Å². The van der Waals surface area contributed by atoms with Gasteiger partial charge < -0.3 is 14.5 Å². The third-order valence-corrected chi connectivity index (χ3v) is 7.08. The Balaban J connectivity index is 1.04. The van der Waals surface area contributed by atoms with Crippen LogP contribution in [0.2, 0.25) is 5.02 Å². The number of benzene rings is 1. The van der Waals surface area contributed by atoms with Crippen molar-refractivity contribution in [2.75, 3.05) is 42.6 Å². The van der Waals surface area contributed by atoms with Crippen LogP contribution in [-0.2, 0) is 0 Å². The Hall–Kier alpha value is -2.08. The first-order chi connectivity index (χ1) is 14.7. The molecule has 1 saturated carbocycles. The summed E-state index contributed by atoms with van der Waals surface area (Å²) in [5.41, 5.74) is 0.700. The van der Waals surface area contributed by atoms with Crippen molar-refractivity contribution in [1.29, 1.82) is 0 Å². The van der Waals surface area contributed by atoms with E-state index in [9.17, 15) is 4.39 Å². The first-order valence-corrected chi connectivity index (χ1v) is 11.4. The number of piperidine rings is 1. The van der Waals surface area contributed by atoms with E-state index in [1.165, 1.54) is 25.3 Å². The van der Waals surface area contributed by atoms with Crippen molar-refractivity contribution in [3.05, 3.63) is 41.4 Å². The Morgan fingerprint density at radius 2 is 1.83 bits per heavy atom. The molecule has 30 heavy (non-hydrogen) atoms. The number of hydrogen-bond acceptors (Lipinski definition) is 5. The van der Waals surface area contributed by atoms with Gasteiger partial charge in [0.25, 0.3) is 0 Å². The predicted molar refractivity (Wildman–Crippen MR) is 117 cm³/mol. The number of aromatic nitrogens is 2. The van der Waals surface area contributed by atoms with Crippen LogP contribution in [0.5, 0.6) is 5.75 Å². The summed E-state index contributed by atoms with van der Waals surface area (Å²) in [6.45, 7) is 4.59. The van der Waals surface area contributed by atoms with Gasteiger partial charge in [-0.05, 0) is 62.0 Å². The topological polar surface area (TPSA) is 41.5 Å². The second-order valence-electron chi connectivity index (χ2n) is 8.78. The van der Waals surface area contributed by atoms with Crippen LogP contribution in [0.4, 0.5) is 16.0 Å². The van der Waals surface area contributed by atoms with Crippen LogP contribution < -0.4 is 14.5 Å². The second kappa shape index (κ2) is 8.58. The zero-order valence-electron chi connectivity index (χ0n) is 17.1. The zero-order chi connectivity index (χ0) is 20.5. The number of nitrogens with zero attached hydrogens (tertiary/aromatic N) is 4. The molecule has 160 valence electrons. The van der Waals surface area contributed by atoms with E-state index in [1.807, 2.05) is 12.1 Å². The number of anilines is 2. The summed E-state index contributed by atoms with van der Waals surface area (Å²) in [6.07, 6.45) is 9.21. The van der Waals surface area contributed by atoms with Crippen LogP contribution >= 0.6 is 11.6 Å². The number of hydrogen-bond donors (Lipinski definition) is 0. The fourth-order valence-electron chi connectivity index (χ4n) is 4.90. The zero-order valence-corrected chi connectivity index (χ0v) is 17.9. The highest BCUT2D eigenvalue weighted by Crippen LogP contribution is 2.49. The number of rotatable bonds is 7. The minimum Gasteiger partial charge on any atom is -0.493 e. The molecule has 1 aliphatic carbocycles. The lowest BCUT2D eigenvalue weighted by Gasteiger charge is -2.33. The number of halogens is 2. The molecule has 3 fully saturated rings. The van der Waals surface area contributed by atoms with Crippen molar-refractivity contribution in [3.63, 3.8) is 0 Å². The lowest BCUT2D eigenvalue weighted by molar-refractivity contribution is 0.283. The van der Waals surface area contributed by atoms with Crippen LogP contribution in [0.3, 0.4) is 0 Å². The molecule has 3 aliphatic rings. The Bertz CT molecular complexity index is 868. The van der Waals surface area contributed by atoms with E-state index in [-0.39, 0.29) is 5.82 Å². The molecule has 2 aliphatic heterocycles. The van der Waals surface area contributed by atoms with Crippen molar-refractivity contribution < 1.29 is 9.13 Å². The summed E-state index contributed by atoms with van der Waals surface area (Å²) < 4.78 is 20.1. The molecule has 0 bridgehead atoms. The van der Waals surface area contributed by atoms with Gasteiger partial charge in [-0.15, -0.1) is 0 Å². The van der Waals surface area contributed by atoms with Gasteiger partial charge in [0, 0.05) is 32.2 Å². The van der Waals surface area contributed by atoms with E-state index in [1.54, 1.807) is 12.4 Å². The molecule has 2 aromatic rings. The molecule has 1 aromatic carbocycles. The monoisotopic (exact) mass is 430 g/mol. The highest BCUT2D eigenvalue weighted by Gasteiger charge is 2.43. The minimum absolute atomic E-state index is 0.173. The molecule has 3 heterocycles. The highest BCUT2D eigenvalue weighted by atomic mass is 35.5. The summed E-state index contributed by atoms with van der Waals surface area (Å²) in [6, 6.07) is 5.28. The third kappa shape index (κ3) is 4.34. The van der Waals surface area contributed by atoms with Gasteiger partial charge in [0.15, 0.2) is 0 Å². The van der Waals surface area contributed by atoms with Gasteiger partial charge in [-0.2, -0.15) is 0 Å². The predicted octanol–water partition coefficient (Wildman–Crippen LogP) is 4.80. The van der Waals surface area contributed by atoms with Crippen LogP contribution in [0.25, 0.3) is 0 Å². The van der Waals surface area contributed by atoms with Gasteiger partial charge in [0.05, 0.1) is 29.7 Å². The van der Waals surface area contributed by atoms with Crippen LogP contribution in [0.15, 0.2) is 30.6 Å². The molecular formula is C23H28ClFN4O. The third-order valence-electron chi connectivity index (χ3n) is 6.89. The summed E-state index contributed by atoms with van der Waals surface area (Å²) >= 11 is 5.88. The molecule has 0 amide bonds. The van der Waals surface area contributed by atoms with Crippen LogP contribution in [0, 0.1) is 23.6 Å². The van der Waals surface area contributed by atoms with E-state index < -0.39 is 0 Å². The molecule has 0 spiro atoms. The molecule has 2 atom stereocenters. The number of ether oxygens (including phenoxy) is 1. The Morgan fingerprint density at radius 3 is 2.50 bits per heavy atom. The Labute approximate surface area is 182 Å². The van der Waals surface area contributed by atoms with Gasteiger partial charge in [0.2, 0.25) is 5.95 Å². The van der Waals surface area contributed by atoms with E-state index >= 15 is 0 Å². The fraction of sp³-hybridized carbons (Fsp3) is 0.565.